The quantitative estimate of drug-likeness (QED) is 0.535. The molecular formula is C3H5N8OP. The van der Waals surface area contributed by atoms with Crippen LogP contribution in [0.15, 0.2) is 0 Å². The number of H-pyrrole nitrogens is 2. The summed E-state index contributed by atoms with van der Waals surface area (Å²) in [5, 5.41) is 26.4. The summed E-state index contributed by atoms with van der Waals surface area (Å²) in [6, 6.07) is 0. The molecule has 0 radical (unpaired) electrons. The Bertz CT molecular complexity index is 309. The third kappa shape index (κ3) is 1.51. The van der Waals surface area contributed by atoms with Crippen molar-refractivity contribution in [2.75, 3.05) is 7.11 Å². The molecule has 0 bridgehead atoms. The molecule has 0 aromatic carbocycles. The Morgan fingerprint density at radius 2 is 1.62 bits per heavy atom. The Hall–Kier alpha value is -1.47. The fourth-order valence-electron chi connectivity index (χ4n) is 0.754. The molecule has 0 saturated carbocycles. The van der Waals surface area contributed by atoms with Crippen LogP contribution in [0.3, 0.4) is 0 Å². The van der Waals surface area contributed by atoms with Crippen LogP contribution in [0.5, 0.6) is 0 Å². The summed E-state index contributed by atoms with van der Waals surface area (Å²) < 4.78 is 5.16. The molecule has 13 heavy (non-hydrogen) atoms. The first-order valence-corrected chi connectivity index (χ1v) is 4.49. The van der Waals surface area contributed by atoms with Crippen LogP contribution >= 0.6 is 8.15 Å². The first-order chi connectivity index (χ1) is 6.42. The molecule has 0 fully saturated rings. The van der Waals surface area contributed by atoms with Crippen molar-refractivity contribution >= 4 is 19.3 Å². The predicted molar refractivity (Wildman–Crippen MR) is 41.6 cm³/mol. The van der Waals surface area contributed by atoms with E-state index in [0.717, 1.165) is 0 Å². The van der Waals surface area contributed by atoms with Gasteiger partial charge in [-0.05, 0) is 20.9 Å². The lowest BCUT2D eigenvalue weighted by Crippen LogP contribution is -2.19. The third-order valence-corrected chi connectivity index (χ3v) is 2.75. The number of nitrogens with zero attached hydrogens (tertiary/aromatic N) is 6. The molecular weight excluding hydrogens is 195 g/mol. The van der Waals surface area contributed by atoms with Gasteiger partial charge in [0.25, 0.3) is 0 Å². The molecule has 2 aromatic heterocycles. The normalized spacial score (nSPS) is 10.9. The van der Waals surface area contributed by atoms with Gasteiger partial charge in [-0.25, -0.2) is 10.2 Å². The molecule has 2 rings (SSSR count). The molecule has 9 nitrogen and oxygen atoms in total. The molecule has 0 aliphatic heterocycles. The van der Waals surface area contributed by atoms with E-state index in [1.54, 1.807) is 0 Å². The van der Waals surface area contributed by atoms with Crippen molar-refractivity contribution in [1.82, 2.24) is 41.2 Å². The van der Waals surface area contributed by atoms with Crippen molar-refractivity contribution in [3.63, 3.8) is 0 Å². The van der Waals surface area contributed by atoms with Crippen LogP contribution < -0.4 is 11.1 Å². The van der Waals surface area contributed by atoms with E-state index in [0.29, 0.717) is 11.1 Å². The second kappa shape index (κ2) is 3.50. The Morgan fingerprint density at radius 1 is 1.08 bits per heavy atom. The molecule has 2 N–H and O–H groups in total. The third-order valence-electron chi connectivity index (χ3n) is 1.24. The van der Waals surface area contributed by atoms with Crippen LogP contribution in [0.1, 0.15) is 0 Å². The maximum Gasteiger partial charge on any atom is 0.206 e. The summed E-state index contributed by atoms with van der Waals surface area (Å²) in [7, 11) is 0.381. The molecule has 2 heterocycles. The van der Waals surface area contributed by atoms with Gasteiger partial charge < -0.3 is 4.52 Å². The van der Waals surface area contributed by atoms with Gasteiger partial charge in [-0.3, -0.25) is 0 Å². The van der Waals surface area contributed by atoms with Crippen LogP contribution in [0.2, 0.25) is 0 Å². The Labute approximate surface area is 73.1 Å². The number of hydrogen-bond acceptors (Lipinski definition) is 7. The van der Waals surface area contributed by atoms with E-state index < -0.39 is 8.15 Å². The van der Waals surface area contributed by atoms with Crippen LogP contribution in [0.4, 0.5) is 0 Å². The van der Waals surface area contributed by atoms with Crippen LogP contribution in [-0.4, -0.2) is 48.4 Å². The largest absolute Gasteiger partial charge is 0.348 e. The van der Waals surface area contributed by atoms with Gasteiger partial charge in [-0.2, -0.15) is 0 Å². The highest BCUT2D eigenvalue weighted by molar-refractivity contribution is 7.67. The molecule has 0 aliphatic carbocycles. The monoisotopic (exact) mass is 200 g/mol. The van der Waals surface area contributed by atoms with E-state index in [1.165, 1.54) is 7.11 Å². The number of rotatable bonds is 3. The Balaban J connectivity index is 2.29. The zero-order valence-corrected chi connectivity index (χ0v) is 7.43. The van der Waals surface area contributed by atoms with Crippen molar-refractivity contribution in [3.05, 3.63) is 0 Å². The summed E-state index contributed by atoms with van der Waals surface area (Å²) in [5.74, 6) is 0. The molecule has 68 valence electrons. The van der Waals surface area contributed by atoms with Gasteiger partial charge in [0.2, 0.25) is 11.1 Å². The lowest BCUT2D eigenvalue weighted by molar-refractivity contribution is 0.471. The summed E-state index contributed by atoms with van der Waals surface area (Å²) in [5.41, 5.74) is 1.02. The maximum atomic E-state index is 5.16. The predicted octanol–water partition coefficient (Wildman–Crippen LogP) is -2.29. The number of aromatic nitrogens is 8. The van der Waals surface area contributed by atoms with Gasteiger partial charge in [0.1, 0.15) is 0 Å². The van der Waals surface area contributed by atoms with Gasteiger partial charge in [-0.1, -0.05) is 0 Å². The van der Waals surface area contributed by atoms with Gasteiger partial charge in [-0.15, -0.1) is 10.2 Å². The summed E-state index contributed by atoms with van der Waals surface area (Å²) in [4.78, 5) is 0. The zero-order chi connectivity index (χ0) is 9.10. The molecule has 0 unspecified atom stereocenters. The number of nitrogens with one attached hydrogen (secondary N) is 2. The molecule has 0 saturated heterocycles. The minimum Gasteiger partial charge on any atom is -0.348 e. The lowest BCUT2D eigenvalue weighted by atomic mass is 11.4. The minimum absolute atomic E-state index is 0.510. The summed E-state index contributed by atoms with van der Waals surface area (Å²) in [6.07, 6.45) is 0. The number of hydrogen-bond donors (Lipinski definition) is 2. The molecule has 2 aromatic rings. The molecule has 0 amide bonds. The molecule has 0 spiro atoms. The van der Waals surface area contributed by atoms with Gasteiger partial charge in [0.05, 0.1) is 0 Å². The van der Waals surface area contributed by atoms with E-state index in [-0.39, 0.29) is 0 Å². The topological polar surface area (TPSA) is 118 Å². The molecule has 0 atom stereocenters. The molecule has 0 aliphatic rings. The SMILES string of the molecule is COP(c1nnn[nH]1)c1nnn[nH]1. The van der Waals surface area contributed by atoms with Crippen molar-refractivity contribution < 1.29 is 4.52 Å². The van der Waals surface area contributed by atoms with E-state index in [9.17, 15) is 0 Å². The fourth-order valence-corrected chi connectivity index (χ4v) is 1.81. The first-order valence-electron chi connectivity index (χ1n) is 3.23. The standard InChI is InChI=1S/C3H5N8OP/c1-12-13(2-4-8-9-5-2)3-6-10-11-7-3/h1H3,(H,4,5,8,9)(H,6,7,10,11). The minimum atomic E-state index is -1.16. The van der Waals surface area contributed by atoms with Crippen LogP contribution in [0, 0.1) is 0 Å². The van der Waals surface area contributed by atoms with Crippen molar-refractivity contribution in [2.45, 2.75) is 0 Å². The zero-order valence-electron chi connectivity index (χ0n) is 6.54. The van der Waals surface area contributed by atoms with Crippen molar-refractivity contribution in [3.8, 4) is 0 Å². The molecule has 10 heteroatoms. The smallest absolute Gasteiger partial charge is 0.206 e. The van der Waals surface area contributed by atoms with E-state index in [1.807, 2.05) is 0 Å². The van der Waals surface area contributed by atoms with E-state index in [4.69, 9.17) is 4.52 Å². The summed E-state index contributed by atoms with van der Waals surface area (Å²) >= 11 is 0. The summed E-state index contributed by atoms with van der Waals surface area (Å²) in [6.45, 7) is 0. The van der Waals surface area contributed by atoms with E-state index >= 15 is 0 Å². The highest BCUT2D eigenvalue weighted by atomic mass is 31.1. The van der Waals surface area contributed by atoms with Crippen molar-refractivity contribution in [1.29, 1.82) is 0 Å². The van der Waals surface area contributed by atoms with Gasteiger partial charge in [0, 0.05) is 7.11 Å². The first kappa shape index (κ1) is 8.14. The number of tetrazole rings is 2. The average molecular weight is 200 g/mol. The average Bonchev–Trinajstić information content (AvgIpc) is 2.76. The van der Waals surface area contributed by atoms with Gasteiger partial charge >= 0.3 is 0 Å². The second-order valence-electron chi connectivity index (χ2n) is 1.93. The highest BCUT2D eigenvalue weighted by Gasteiger charge is 2.21. The lowest BCUT2D eigenvalue weighted by Gasteiger charge is -2.04. The Kier molecular flexibility index (Phi) is 2.19. The fraction of sp³-hybridized carbons (Fsp3) is 0.333. The highest BCUT2D eigenvalue weighted by Crippen LogP contribution is 2.28. The van der Waals surface area contributed by atoms with Crippen LogP contribution in [-0.2, 0) is 4.52 Å². The maximum absolute atomic E-state index is 5.16. The van der Waals surface area contributed by atoms with Gasteiger partial charge in [0.15, 0.2) is 8.15 Å². The van der Waals surface area contributed by atoms with Crippen LogP contribution in [0.25, 0.3) is 0 Å². The Morgan fingerprint density at radius 3 is 1.92 bits per heavy atom. The van der Waals surface area contributed by atoms with Crippen molar-refractivity contribution in [2.24, 2.45) is 0 Å². The van der Waals surface area contributed by atoms with E-state index in [2.05, 4.69) is 41.2 Å². The number of aromatic amines is 2. The second-order valence-corrected chi connectivity index (χ2v) is 3.73.